The number of morpholine rings is 1. The van der Waals surface area contributed by atoms with Gasteiger partial charge in [0.2, 0.25) is 0 Å². The van der Waals surface area contributed by atoms with E-state index in [0.29, 0.717) is 13.2 Å². The van der Waals surface area contributed by atoms with Crippen molar-refractivity contribution in [3.8, 4) is 0 Å². The van der Waals surface area contributed by atoms with Gasteiger partial charge in [-0.2, -0.15) is 0 Å². The summed E-state index contributed by atoms with van der Waals surface area (Å²) in [7, 11) is 0. The molecule has 1 aromatic carbocycles. The van der Waals surface area contributed by atoms with Crippen molar-refractivity contribution in [2.24, 2.45) is 0 Å². The summed E-state index contributed by atoms with van der Waals surface area (Å²) >= 11 is 0. The van der Waals surface area contributed by atoms with E-state index in [1.54, 1.807) is 0 Å². The van der Waals surface area contributed by atoms with Gasteiger partial charge in [-0.15, -0.1) is 0 Å². The summed E-state index contributed by atoms with van der Waals surface area (Å²) in [5.74, 6) is -1.24. The van der Waals surface area contributed by atoms with Crippen LogP contribution >= 0.6 is 0 Å². The predicted octanol–water partition coefficient (Wildman–Crippen LogP) is 1.97. The molecule has 4 nitrogen and oxygen atoms in total. The van der Waals surface area contributed by atoms with E-state index in [2.05, 4.69) is 4.90 Å². The number of carboxylic acid groups (broad SMARTS) is 1. The number of carboxylic acids is 1. The smallest absolute Gasteiger partial charge is 0.312 e. The molecule has 2 rings (SSSR count). The fourth-order valence-electron chi connectivity index (χ4n) is 2.54. The molecule has 1 aromatic rings. The first-order chi connectivity index (χ1) is 8.98. The van der Waals surface area contributed by atoms with E-state index in [0.717, 1.165) is 18.7 Å². The van der Waals surface area contributed by atoms with Crippen LogP contribution in [-0.2, 0) is 9.53 Å². The fraction of sp³-hybridized carbons (Fsp3) is 0.533. The lowest BCUT2D eigenvalue weighted by molar-refractivity contribution is -0.140. The predicted molar refractivity (Wildman–Crippen MR) is 73.3 cm³/mol. The molecule has 1 aliphatic heterocycles. The molecule has 1 saturated heterocycles. The van der Waals surface area contributed by atoms with Crippen LogP contribution in [0, 0.1) is 0 Å². The van der Waals surface area contributed by atoms with Gasteiger partial charge in [-0.1, -0.05) is 30.3 Å². The Labute approximate surface area is 114 Å². The Bertz CT molecular complexity index is 430. The number of aliphatic carboxylic acids is 1. The van der Waals surface area contributed by atoms with E-state index in [1.165, 1.54) is 0 Å². The normalized spacial score (nSPS) is 20.9. The van der Waals surface area contributed by atoms with Crippen LogP contribution in [-0.4, -0.2) is 47.8 Å². The van der Waals surface area contributed by atoms with Gasteiger partial charge in [0, 0.05) is 19.6 Å². The second kappa shape index (κ2) is 5.72. The molecule has 0 aliphatic carbocycles. The van der Waals surface area contributed by atoms with Crippen LogP contribution in [0.1, 0.15) is 25.3 Å². The molecule has 19 heavy (non-hydrogen) atoms. The van der Waals surface area contributed by atoms with Gasteiger partial charge in [0.15, 0.2) is 0 Å². The van der Waals surface area contributed by atoms with Crippen LogP contribution in [0.15, 0.2) is 30.3 Å². The lowest BCUT2D eigenvalue weighted by atomic mass is 9.97. The van der Waals surface area contributed by atoms with Crippen LogP contribution in [0.4, 0.5) is 0 Å². The minimum absolute atomic E-state index is 0.196. The van der Waals surface area contributed by atoms with Crippen molar-refractivity contribution in [1.82, 2.24) is 4.90 Å². The first-order valence-electron chi connectivity index (χ1n) is 6.62. The van der Waals surface area contributed by atoms with Crippen molar-refractivity contribution in [3.63, 3.8) is 0 Å². The third-order valence-electron chi connectivity index (χ3n) is 3.45. The highest BCUT2D eigenvalue weighted by atomic mass is 16.5. The van der Waals surface area contributed by atoms with Crippen molar-refractivity contribution < 1.29 is 14.6 Å². The Hall–Kier alpha value is -1.39. The van der Waals surface area contributed by atoms with Gasteiger partial charge in [-0.3, -0.25) is 9.69 Å². The van der Waals surface area contributed by atoms with E-state index in [1.807, 2.05) is 44.2 Å². The summed E-state index contributed by atoms with van der Waals surface area (Å²) in [4.78, 5) is 13.7. The third-order valence-corrected chi connectivity index (χ3v) is 3.45. The second-order valence-corrected chi connectivity index (χ2v) is 5.64. The van der Waals surface area contributed by atoms with Crippen LogP contribution < -0.4 is 0 Å². The Kier molecular flexibility index (Phi) is 4.22. The van der Waals surface area contributed by atoms with Crippen molar-refractivity contribution in [3.05, 3.63) is 35.9 Å². The molecule has 0 bridgehead atoms. The Morgan fingerprint density at radius 3 is 2.68 bits per heavy atom. The lowest BCUT2D eigenvalue weighted by Gasteiger charge is -2.39. The van der Waals surface area contributed by atoms with Gasteiger partial charge >= 0.3 is 5.97 Å². The number of benzene rings is 1. The Morgan fingerprint density at radius 2 is 2.11 bits per heavy atom. The first-order valence-corrected chi connectivity index (χ1v) is 6.62. The number of rotatable bonds is 4. The van der Waals surface area contributed by atoms with Crippen molar-refractivity contribution in [2.75, 3.05) is 26.2 Å². The molecule has 1 fully saturated rings. The Morgan fingerprint density at radius 1 is 1.42 bits per heavy atom. The van der Waals surface area contributed by atoms with E-state index in [9.17, 15) is 9.90 Å². The van der Waals surface area contributed by atoms with Gasteiger partial charge in [0.25, 0.3) is 0 Å². The number of ether oxygens (including phenoxy) is 1. The maximum atomic E-state index is 11.5. The first kappa shape index (κ1) is 14.0. The molecule has 0 spiro atoms. The van der Waals surface area contributed by atoms with Crippen molar-refractivity contribution in [1.29, 1.82) is 0 Å². The molecule has 1 atom stereocenters. The average Bonchev–Trinajstić information content (AvgIpc) is 2.35. The average molecular weight is 263 g/mol. The zero-order valence-electron chi connectivity index (χ0n) is 11.5. The van der Waals surface area contributed by atoms with Crippen molar-refractivity contribution >= 4 is 5.97 Å². The summed E-state index contributed by atoms with van der Waals surface area (Å²) in [6.07, 6.45) is 0. The van der Waals surface area contributed by atoms with Gasteiger partial charge in [-0.05, 0) is 19.4 Å². The molecule has 1 N–H and O–H groups in total. The molecule has 104 valence electrons. The van der Waals surface area contributed by atoms with Crippen LogP contribution in [0.3, 0.4) is 0 Å². The molecule has 1 unspecified atom stereocenters. The zero-order chi connectivity index (χ0) is 13.9. The molecular formula is C15H21NO3. The van der Waals surface area contributed by atoms with E-state index >= 15 is 0 Å². The quantitative estimate of drug-likeness (QED) is 0.902. The molecule has 1 heterocycles. The fourth-order valence-corrected chi connectivity index (χ4v) is 2.54. The van der Waals surface area contributed by atoms with Gasteiger partial charge in [-0.25, -0.2) is 0 Å². The van der Waals surface area contributed by atoms with Crippen LogP contribution in [0.25, 0.3) is 0 Å². The molecular weight excluding hydrogens is 242 g/mol. The number of hydrogen-bond donors (Lipinski definition) is 1. The number of carbonyl (C=O) groups is 1. The molecule has 0 amide bonds. The molecule has 4 heteroatoms. The highest BCUT2D eigenvalue weighted by Gasteiger charge is 2.30. The SMILES string of the molecule is CC1(C)CN(CC(C(=O)O)c2ccccc2)CCO1. The summed E-state index contributed by atoms with van der Waals surface area (Å²) < 4.78 is 5.65. The standard InChI is InChI=1S/C15H21NO3/c1-15(2)11-16(8-9-19-15)10-13(14(17)18)12-6-4-3-5-7-12/h3-7,13H,8-11H2,1-2H3,(H,17,18). The van der Waals surface area contributed by atoms with E-state index < -0.39 is 11.9 Å². The van der Waals surface area contributed by atoms with Crippen molar-refractivity contribution in [2.45, 2.75) is 25.4 Å². The minimum Gasteiger partial charge on any atom is -0.481 e. The molecule has 0 radical (unpaired) electrons. The van der Waals surface area contributed by atoms with E-state index in [4.69, 9.17) is 4.74 Å². The molecule has 1 aliphatic rings. The van der Waals surface area contributed by atoms with E-state index in [-0.39, 0.29) is 5.60 Å². The number of nitrogens with zero attached hydrogens (tertiary/aromatic N) is 1. The molecule has 0 saturated carbocycles. The van der Waals surface area contributed by atoms with Crippen LogP contribution in [0.5, 0.6) is 0 Å². The van der Waals surface area contributed by atoms with Gasteiger partial charge in [0.1, 0.15) is 0 Å². The lowest BCUT2D eigenvalue weighted by Crippen LogP contribution is -2.49. The summed E-state index contributed by atoms with van der Waals surface area (Å²) in [6.45, 7) is 6.83. The minimum atomic E-state index is -0.768. The third kappa shape index (κ3) is 3.78. The summed E-state index contributed by atoms with van der Waals surface area (Å²) in [5, 5.41) is 9.43. The summed E-state index contributed by atoms with van der Waals surface area (Å²) in [6, 6.07) is 9.43. The molecule has 0 aromatic heterocycles. The monoisotopic (exact) mass is 263 g/mol. The maximum Gasteiger partial charge on any atom is 0.312 e. The zero-order valence-corrected chi connectivity index (χ0v) is 11.5. The topological polar surface area (TPSA) is 49.8 Å². The highest BCUT2D eigenvalue weighted by molar-refractivity contribution is 5.76. The largest absolute Gasteiger partial charge is 0.481 e. The second-order valence-electron chi connectivity index (χ2n) is 5.64. The van der Waals surface area contributed by atoms with Gasteiger partial charge < -0.3 is 9.84 Å². The van der Waals surface area contributed by atoms with Crippen LogP contribution in [0.2, 0.25) is 0 Å². The highest BCUT2D eigenvalue weighted by Crippen LogP contribution is 2.22. The maximum absolute atomic E-state index is 11.5. The number of hydrogen-bond acceptors (Lipinski definition) is 3. The Balaban J connectivity index is 2.08. The summed E-state index contributed by atoms with van der Waals surface area (Å²) in [5.41, 5.74) is 0.664. The van der Waals surface area contributed by atoms with Gasteiger partial charge in [0.05, 0.1) is 18.1 Å².